The van der Waals surface area contributed by atoms with Gasteiger partial charge in [-0.25, -0.2) is 0 Å². The highest BCUT2D eigenvalue weighted by atomic mass is 16.6. The summed E-state index contributed by atoms with van der Waals surface area (Å²) in [6.07, 6.45) is 2.39. The molecule has 2 rings (SSSR count). The van der Waals surface area contributed by atoms with E-state index in [0.29, 0.717) is 5.92 Å². The van der Waals surface area contributed by atoms with Gasteiger partial charge in [0.1, 0.15) is 0 Å². The van der Waals surface area contributed by atoms with Crippen LogP contribution in [0.1, 0.15) is 19.8 Å². The van der Waals surface area contributed by atoms with Gasteiger partial charge in [-0.1, -0.05) is 6.92 Å². The highest BCUT2D eigenvalue weighted by molar-refractivity contribution is 5.51. The van der Waals surface area contributed by atoms with Gasteiger partial charge in [0, 0.05) is 37.5 Å². The van der Waals surface area contributed by atoms with Crippen LogP contribution >= 0.6 is 0 Å². The summed E-state index contributed by atoms with van der Waals surface area (Å²) < 4.78 is 0. The van der Waals surface area contributed by atoms with Crippen molar-refractivity contribution in [2.75, 3.05) is 38.1 Å². The van der Waals surface area contributed by atoms with Crippen molar-refractivity contribution in [2.24, 2.45) is 5.92 Å². The molecule has 1 aromatic rings. The Morgan fingerprint density at radius 1 is 1.40 bits per heavy atom. The van der Waals surface area contributed by atoms with Crippen LogP contribution < -0.4 is 4.90 Å². The summed E-state index contributed by atoms with van der Waals surface area (Å²) in [5, 5.41) is 10.7. The Balaban J connectivity index is 1.90. The smallest absolute Gasteiger partial charge is 0.269 e. The number of hydrogen-bond acceptors (Lipinski definition) is 4. The standard InChI is InChI=1S/C15H23N3O2/c1-3-9-16(2)11-13-8-10-17(12-13)14-4-6-15(7-5-14)18(19)20/h4-7,13H,3,8-12H2,1-2H3. The summed E-state index contributed by atoms with van der Waals surface area (Å²) in [4.78, 5) is 15.0. The van der Waals surface area contributed by atoms with Crippen molar-refractivity contribution in [2.45, 2.75) is 19.8 Å². The molecule has 0 spiro atoms. The molecule has 110 valence electrons. The Kier molecular flexibility index (Phi) is 4.95. The summed E-state index contributed by atoms with van der Waals surface area (Å²) in [5.74, 6) is 0.696. The Hall–Kier alpha value is -1.62. The SMILES string of the molecule is CCCN(C)CC1CCN(c2ccc([N+](=O)[O-])cc2)C1. The lowest BCUT2D eigenvalue weighted by Gasteiger charge is -2.22. The topological polar surface area (TPSA) is 49.6 Å². The van der Waals surface area contributed by atoms with Crippen LogP contribution in [0.3, 0.4) is 0 Å². The normalized spacial score (nSPS) is 18.8. The van der Waals surface area contributed by atoms with Crippen molar-refractivity contribution >= 4 is 11.4 Å². The summed E-state index contributed by atoms with van der Waals surface area (Å²) in [6.45, 7) is 6.58. The molecule has 1 unspecified atom stereocenters. The van der Waals surface area contributed by atoms with Crippen molar-refractivity contribution in [3.8, 4) is 0 Å². The van der Waals surface area contributed by atoms with Gasteiger partial charge >= 0.3 is 0 Å². The molecule has 0 amide bonds. The van der Waals surface area contributed by atoms with Gasteiger partial charge in [0.2, 0.25) is 0 Å². The zero-order valence-electron chi connectivity index (χ0n) is 12.3. The van der Waals surface area contributed by atoms with E-state index in [1.54, 1.807) is 12.1 Å². The van der Waals surface area contributed by atoms with Crippen molar-refractivity contribution in [1.82, 2.24) is 4.90 Å². The van der Waals surface area contributed by atoms with Crippen molar-refractivity contribution < 1.29 is 4.92 Å². The van der Waals surface area contributed by atoms with E-state index < -0.39 is 0 Å². The van der Waals surface area contributed by atoms with Crippen LogP contribution in [-0.2, 0) is 0 Å². The Labute approximate surface area is 120 Å². The van der Waals surface area contributed by atoms with Crippen LogP contribution in [0.25, 0.3) is 0 Å². The van der Waals surface area contributed by atoms with Crippen LogP contribution in [0, 0.1) is 16.0 Å². The summed E-state index contributed by atoms with van der Waals surface area (Å²) in [5.41, 5.74) is 1.25. The number of nitro benzene ring substituents is 1. The zero-order chi connectivity index (χ0) is 14.5. The van der Waals surface area contributed by atoms with Crippen LogP contribution in [0.5, 0.6) is 0 Å². The number of nitro groups is 1. The van der Waals surface area contributed by atoms with Gasteiger partial charge in [0.15, 0.2) is 0 Å². The quantitative estimate of drug-likeness (QED) is 0.592. The molecule has 1 fully saturated rings. The molecule has 1 heterocycles. The maximum atomic E-state index is 10.7. The van der Waals surface area contributed by atoms with Gasteiger partial charge < -0.3 is 9.80 Å². The predicted octanol–water partition coefficient (Wildman–Crippen LogP) is 2.76. The lowest BCUT2D eigenvalue weighted by molar-refractivity contribution is -0.384. The maximum Gasteiger partial charge on any atom is 0.269 e. The van der Waals surface area contributed by atoms with E-state index in [1.165, 1.54) is 12.8 Å². The van der Waals surface area contributed by atoms with Crippen molar-refractivity contribution in [3.05, 3.63) is 34.4 Å². The minimum Gasteiger partial charge on any atom is -0.371 e. The van der Waals surface area contributed by atoms with E-state index in [1.807, 2.05) is 12.1 Å². The van der Waals surface area contributed by atoms with Crippen molar-refractivity contribution in [3.63, 3.8) is 0 Å². The molecule has 20 heavy (non-hydrogen) atoms. The number of benzene rings is 1. The summed E-state index contributed by atoms with van der Waals surface area (Å²) in [7, 11) is 2.18. The molecule has 5 nitrogen and oxygen atoms in total. The van der Waals surface area contributed by atoms with E-state index >= 15 is 0 Å². The van der Waals surface area contributed by atoms with Gasteiger partial charge in [0.25, 0.3) is 5.69 Å². The van der Waals surface area contributed by atoms with Crippen LogP contribution in [0.15, 0.2) is 24.3 Å². The third-order valence-corrected chi connectivity index (χ3v) is 3.89. The first kappa shape index (κ1) is 14.8. The molecule has 0 aromatic heterocycles. The third kappa shape index (κ3) is 3.70. The summed E-state index contributed by atoms with van der Waals surface area (Å²) in [6, 6.07) is 6.89. The zero-order valence-corrected chi connectivity index (χ0v) is 12.3. The molecule has 0 radical (unpaired) electrons. The molecule has 1 aliphatic rings. The number of anilines is 1. The average molecular weight is 277 g/mol. The van der Waals surface area contributed by atoms with E-state index in [0.717, 1.165) is 31.9 Å². The van der Waals surface area contributed by atoms with E-state index in [9.17, 15) is 10.1 Å². The second kappa shape index (κ2) is 6.70. The number of rotatable bonds is 6. The Bertz CT molecular complexity index is 447. The molecule has 0 saturated carbocycles. The first-order chi connectivity index (χ1) is 9.60. The van der Waals surface area contributed by atoms with Gasteiger partial charge in [-0.2, -0.15) is 0 Å². The van der Waals surface area contributed by atoms with Gasteiger partial charge in [0.05, 0.1) is 4.92 Å². The first-order valence-electron chi connectivity index (χ1n) is 7.28. The number of non-ortho nitro benzene ring substituents is 1. The van der Waals surface area contributed by atoms with Crippen molar-refractivity contribution in [1.29, 1.82) is 0 Å². The molecule has 0 N–H and O–H groups in total. The molecular formula is C15H23N3O2. The molecule has 1 saturated heterocycles. The van der Waals surface area contributed by atoms with Gasteiger partial charge in [-0.15, -0.1) is 0 Å². The number of hydrogen-bond donors (Lipinski definition) is 0. The second-order valence-electron chi connectivity index (χ2n) is 5.64. The molecule has 0 aliphatic carbocycles. The molecule has 1 aromatic carbocycles. The average Bonchev–Trinajstić information content (AvgIpc) is 2.87. The van der Waals surface area contributed by atoms with Crippen LogP contribution in [-0.4, -0.2) is 43.0 Å². The monoisotopic (exact) mass is 277 g/mol. The van der Waals surface area contributed by atoms with Gasteiger partial charge in [-0.3, -0.25) is 10.1 Å². The predicted molar refractivity (Wildman–Crippen MR) is 81.2 cm³/mol. The minimum absolute atomic E-state index is 0.159. The lowest BCUT2D eigenvalue weighted by Crippen LogP contribution is -2.28. The van der Waals surface area contributed by atoms with E-state index in [4.69, 9.17) is 0 Å². The highest BCUT2D eigenvalue weighted by Crippen LogP contribution is 2.26. The Morgan fingerprint density at radius 2 is 2.10 bits per heavy atom. The largest absolute Gasteiger partial charge is 0.371 e. The molecular weight excluding hydrogens is 254 g/mol. The summed E-state index contributed by atoms with van der Waals surface area (Å²) >= 11 is 0. The first-order valence-corrected chi connectivity index (χ1v) is 7.28. The molecule has 5 heteroatoms. The third-order valence-electron chi connectivity index (χ3n) is 3.89. The molecule has 1 aliphatic heterocycles. The highest BCUT2D eigenvalue weighted by Gasteiger charge is 2.23. The molecule has 1 atom stereocenters. The Morgan fingerprint density at radius 3 is 2.70 bits per heavy atom. The van der Waals surface area contributed by atoms with Crippen LogP contribution in [0.2, 0.25) is 0 Å². The van der Waals surface area contributed by atoms with E-state index in [2.05, 4.69) is 23.8 Å². The fourth-order valence-electron chi connectivity index (χ4n) is 2.92. The van der Waals surface area contributed by atoms with Gasteiger partial charge in [-0.05, 0) is 44.5 Å². The van der Waals surface area contributed by atoms with Crippen LogP contribution in [0.4, 0.5) is 11.4 Å². The number of nitrogens with zero attached hydrogens (tertiary/aromatic N) is 3. The second-order valence-corrected chi connectivity index (χ2v) is 5.64. The molecule has 0 bridgehead atoms. The lowest BCUT2D eigenvalue weighted by atomic mass is 10.1. The minimum atomic E-state index is -0.351. The van der Waals surface area contributed by atoms with E-state index in [-0.39, 0.29) is 10.6 Å². The fraction of sp³-hybridized carbons (Fsp3) is 0.600. The fourth-order valence-corrected chi connectivity index (χ4v) is 2.92. The maximum absolute atomic E-state index is 10.7.